The number of hydrogen-bond acceptors (Lipinski definition) is 4. The first-order valence-corrected chi connectivity index (χ1v) is 7.52. The van der Waals surface area contributed by atoms with Gasteiger partial charge in [0.1, 0.15) is 11.9 Å². The minimum atomic E-state index is -0.429. The van der Waals surface area contributed by atoms with Crippen LogP contribution >= 0.6 is 0 Å². The number of esters is 1. The maximum absolute atomic E-state index is 12.9. The van der Waals surface area contributed by atoms with Crippen molar-refractivity contribution < 1.29 is 18.7 Å². The molecule has 0 spiro atoms. The number of carbonyl (C=O) groups is 2. The second-order valence-corrected chi connectivity index (χ2v) is 5.48. The molecule has 1 fully saturated rings. The average Bonchev–Trinajstić information content (AvgIpc) is 2.51. The van der Waals surface area contributed by atoms with E-state index in [1.807, 2.05) is 0 Å². The summed E-state index contributed by atoms with van der Waals surface area (Å²) in [6.45, 7) is 1.72. The minimum absolute atomic E-state index is 0.271. The van der Waals surface area contributed by atoms with Gasteiger partial charge in [-0.05, 0) is 43.5 Å². The number of carbonyl (C=O) groups excluding carboxylic acids is 2. The molecular weight excluding hydrogens is 287 g/mol. The van der Waals surface area contributed by atoms with Gasteiger partial charge in [-0.2, -0.15) is 0 Å². The monoisotopic (exact) mass is 308 g/mol. The van der Waals surface area contributed by atoms with E-state index < -0.39 is 18.0 Å². The van der Waals surface area contributed by atoms with Crippen molar-refractivity contribution in [3.63, 3.8) is 0 Å². The van der Waals surface area contributed by atoms with Crippen molar-refractivity contribution >= 4 is 11.9 Å². The molecule has 6 heteroatoms. The number of amides is 1. The lowest BCUT2D eigenvalue weighted by Gasteiger charge is -2.36. The zero-order valence-corrected chi connectivity index (χ0v) is 12.5. The molecule has 120 valence electrons. The fourth-order valence-electron chi connectivity index (χ4n) is 2.61. The Hall–Kier alpha value is -1.95. The van der Waals surface area contributed by atoms with Crippen LogP contribution in [0.4, 0.5) is 4.39 Å². The van der Waals surface area contributed by atoms with E-state index in [9.17, 15) is 14.0 Å². The van der Waals surface area contributed by atoms with Crippen LogP contribution in [0.1, 0.15) is 43.0 Å². The van der Waals surface area contributed by atoms with Crippen LogP contribution in [0.15, 0.2) is 24.3 Å². The Bertz CT molecular complexity index is 533. The van der Waals surface area contributed by atoms with Gasteiger partial charge >= 0.3 is 5.97 Å². The highest BCUT2D eigenvalue weighted by Crippen LogP contribution is 2.22. The Kier molecular flexibility index (Phi) is 5.49. The van der Waals surface area contributed by atoms with Crippen LogP contribution in [0, 0.1) is 5.82 Å². The molecule has 2 rings (SSSR count). The van der Waals surface area contributed by atoms with Crippen LogP contribution in [0.25, 0.3) is 0 Å². The highest BCUT2D eigenvalue weighted by Gasteiger charge is 2.34. The third kappa shape index (κ3) is 4.04. The quantitative estimate of drug-likeness (QED) is 0.830. The largest absolute Gasteiger partial charge is 0.460 e. The molecular formula is C16H21FN2O3. The second kappa shape index (κ2) is 7.35. The number of hydrogen-bond donors (Lipinski definition) is 2. The molecule has 1 aromatic carbocycles. The summed E-state index contributed by atoms with van der Waals surface area (Å²) in [4.78, 5) is 23.7. The second-order valence-electron chi connectivity index (χ2n) is 5.48. The molecule has 0 aliphatic heterocycles. The Morgan fingerprint density at radius 1 is 1.32 bits per heavy atom. The smallest absolute Gasteiger partial charge is 0.305 e. The number of nitrogens with two attached hydrogens (primary N) is 1. The van der Waals surface area contributed by atoms with Crippen molar-refractivity contribution in [2.75, 3.05) is 0 Å². The number of nitrogens with one attached hydrogen (secondary N) is 1. The molecule has 0 saturated heterocycles. The van der Waals surface area contributed by atoms with Crippen LogP contribution < -0.4 is 11.1 Å². The van der Waals surface area contributed by atoms with Gasteiger partial charge in [-0.25, -0.2) is 4.39 Å². The maximum Gasteiger partial charge on any atom is 0.305 e. The molecule has 0 radical (unpaired) electrons. The lowest BCUT2D eigenvalue weighted by Crippen LogP contribution is -2.57. The third-order valence-corrected chi connectivity index (χ3v) is 3.86. The van der Waals surface area contributed by atoms with Crippen LogP contribution in [0.3, 0.4) is 0 Å². The number of benzene rings is 1. The summed E-state index contributed by atoms with van der Waals surface area (Å²) in [5, 5.41) is 2.82. The van der Waals surface area contributed by atoms with Gasteiger partial charge < -0.3 is 15.8 Å². The number of ether oxygens (including phenoxy) is 1. The molecule has 5 nitrogen and oxygen atoms in total. The van der Waals surface area contributed by atoms with Gasteiger partial charge in [-0.3, -0.25) is 9.59 Å². The van der Waals surface area contributed by atoms with E-state index in [1.165, 1.54) is 24.3 Å². The predicted octanol–water partition coefficient (Wildman–Crippen LogP) is 1.76. The highest BCUT2D eigenvalue weighted by molar-refractivity contribution is 5.94. The summed E-state index contributed by atoms with van der Waals surface area (Å²) in [6.07, 6.45) is 2.15. The van der Waals surface area contributed by atoms with E-state index >= 15 is 0 Å². The lowest BCUT2D eigenvalue weighted by molar-refractivity contribution is -0.151. The Labute approximate surface area is 129 Å². The summed E-state index contributed by atoms with van der Waals surface area (Å²) < 4.78 is 18.3. The van der Waals surface area contributed by atoms with E-state index in [0.29, 0.717) is 12.0 Å². The van der Waals surface area contributed by atoms with Crippen molar-refractivity contribution in [2.45, 2.75) is 50.8 Å². The molecule has 0 bridgehead atoms. The molecule has 0 aromatic heterocycles. The van der Waals surface area contributed by atoms with E-state index in [4.69, 9.17) is 10.5 Å². The summed E-state index contributed by atoms with van der Waals surface area (Å²) in [5.41, 5.74) is 6.42. The topological polar surface area (TPSA) is 81.4 Å². The molecule has 3 atom stereocenters. The van der Waals surface area contributed by atoms with Gasteiger partial charge in [0, 0.05) is 18.0 Å². The Balaban J connectivity index is 2.07. The van der Waals surface area contributed by atoms with Crippen LogP contribution in [-0.2, 0) is 9.53 Å². The van der Waals surface area contributed by atoms with E-state index in [0.717, 1.165) is 12.8 Å². The molecule has 1 aliphatic rings. The number of rotatable bonds is 4. The number of halogens is 1. The molecule has 1 saturated carbocycles. The SMILES string of the molecule is CCC(=O)OC1CCCC(N)C1NC(=O)c1ccc(F)cc1. The lowest BCUT2D eigenvalue weighted by atomic mass is 9.88. The van der Waals surface area contributed by atoms with Gasteiger partial charge in [0.25, 0.3) is 5.91 Å². The fourth-order valence-corrected chi connectivity index (χ4v) is 2.61. The van der Waals surface area contributed by atoms with E-state index in [1.54, 1.807) is 6.92 Å². The summed E-state index contributed by atoms with van der Waals surface area (Å²) in [5.74, 6) is -1.05. The average molecular weight is 308 g/mol. The van der Waals surface area contributed by atoms with Crippen LogP contribution in [0.2, 0.25) is 0 Å². The Morgan fingerprint density at radius 3 is 2.64 bits per heavy atom. The zero-order valence-electron chi connectivity index (χ0n) is 12.5. The van der Waals surface area contributed by atoms with Crippen molar-refractivity contribution in [1.29, 1.82) is 0 Å². The van der Waals surface area contributed by atoms with E-state index in [-0.39, 0.29) is 24.3 Å². The summed E-state index contributed by atoms with van der Waals surface area (Å²) in [6, 6.07) is 4.57. The van der Waals surface area contributed by atoms with Crippen LogP contribution in [-0.4, -0.2) is 30.1 Å². The summed E-state index contributed by atoms with van der Waals surface area (Å²) in [7, 11) is 0. The zero-order chi connectivity index (χ0) is 16.1. The summed E-state index contributed by atoms with van der Waals surface area (Å²) >= 11 is 0. The standard InChI is InChI=1S/C16H21FN2O3/c1-2-14(20)22-13-5-3-4-12(18)15(13)19-16(21)10-6-8-11(17)9-7-10/h6-9,12-13,15H,2-5,18H2,1H3,(H,19,21). The minimum Gasteiger partial charge on any atom is -0.460 e. The maximum atomic E-state index is 12.9. The molecule has 1 aromatic rings. The van der Waals surface area contributed by atoms with Gasteiger partial charge in [0.15, 0.2) is 0 Å². The van der Waals surface area contributed by atoms with Crippen molar-refractivity contribution in [1.82, 2.24) is 5.32 Å². The van der Waals surface area contributed by atoms with Gasteiger partial charge in [-0.15, -0.1) is 0 Å². The van der Waals surface area contributed by atoms with Crippen molar-refractivity contribution in [3.8, 4) is 0 Å². The van der Waals surface area contributed by atoms with Crippen molar-refractivity contribution in [3.05, 3.63) is 35.6 Å². The van der Waals surface area contributed by atoms with Gasteiger partial charge in [-0.1, -0.05) is 6.92 Å². The first kappa shape index (κ1) is 16.4. The first-order chi connectivity index (χ1) is 10.5. The molecule has 3 unspecified atom stereocenters. The predicted molar refractivity (Wildman–Crippen MR) is 79.7 cm³/mol. The van der Waals surface area contributed by atoms with Crippen molar-refractivity contribution in [2.24, 2.45) is 5.73 Å². The first-order valence-electron chi connectivity index (χ1n) is 7.52. The van der Waals surface area contributed by atoms with Gasteiger partial charge in [0.2, 0.25) is 0 Å². The molecule has 1 amide bonds. The molecule has 1 aliphatic carbocycles. The van der Waals surface area contributed by atoms with Gasteiger partial charge in [0.05, 0.1) is 6.04 Å². The molecule has 0 heterocycles. The molecule has 22 heavy (non-hydrogen) atoms. The highest BCUT2D eigenvalue weighted by atomic mass is 19.1. The Morgan fingerprint density at radius 2 is 2.00 bits per heavy atom. The van der Waals surface area contributed by atoms with E-state index in [2.05, 4.69) is 5.32 Å². The third-order valence-electron chi connectivity index (χ3n) is 3.86. The molecule has 3 N–H and O–H groups in total. The fraction of sp³-hybridized carbons (Fsp3) is 0.500. The van der Waals surface area contributed by atoms with Crippen LogP contribution in [0.5, 0.6) is 0 Å². The normalized spacial score (nSPS) is 24.6.